The van der Waals surface area contributed by atoms with Crippen molar-refractivity contribution in [2.75, 3.05) is 7.11 Å². The molecule has 0 fully saturated rings. The van der Waals surface area contributed by atoms with E-state index in [2.05, 4.69) is 5.32 Å². The van der Waals surface area contributed by atoms with Crippen molar-refractivity contribution in [2.45, 2.75) is 19.3 Å². The molecule has 0 aromatic carbocycles. The van der Waals surface area contributed by atoms with E-state index in [0.29, 0.717) is 22.7 Å². The molecule has 0 saturated heterocycles. The molecule has 1 aliphatic heterocycles. The number of nitro groups is 1. The SMILES string of the molecule is COC(=O)C1=C(C)NC(C)=CC1(C(=O)O)c1ccc([N+](=O)[O-])s1. The molecule has 0 bridgehead atoms. The summed E-state index contributed by atoms with van der Waals surface area (Å²) in [4.78, 5) is 34.7. The van der Waals surface area contributed by atoms with Gasteiger partial charge in [-0.25, -0.2) is 4.79 Å². The largest absolute Gasteiger partial charge is 0.480 e. The molecular formula is C14H14N2O6S. The summed E-state index contributed by atoms with van der Waals surface area (Å²) < 4.78 is 4.72. The van der Waals surface area contributed by atoms with Crippen LogP contribution in [0.25, 0.3) is 0 Å². The lowest BCUT2D eigenvalue weighted by atomic mass is 9.75. The zero-order valence-corrected chi connectivity index (χ0v) is 13.4. The first-order valence-electron chi connectivity index (χ1n) is 6.48. The molecular weight excluding hydrogens is 324 g/mol. The maximum absolute atomic E-state index is 12.2. The van der Waals surface area contributed by atoms with E-state index in [-0.39, 0.29) is 15.5 Å². The van der Waals surface area contributed by atoms with Gasteiger partial charge in [0.05, 0.1) is 17.6 Å². The molecule has 2 heterocycles. The van der Waals surface area contributed by atoms with E-state index in [1.54, 1.807) is 13.8 Å². The van der Waals surface area contributed by atoms with E-state index in [4.69, 9.17) is 4.74 Å². The van der Waals surface area contributed by atoms with E-state index in [0.717, 1.165) is 7.11 Å². The topological polar surface area (TPSA) is 119 Å². The molecule has 9 heteroatoms. The Morgan fingerprint density at radius 2 is 2.04 bits per heavy atom. The number of hydrogen-bond donors (Lipinski definition) is 2. The third kappa shape index (κ3) is 2.59. The Morgan fingerprint density at radius 3 is 2.52 bits per heavy atom. The smallest absolute Gasteiger partial charge is 0.337 e. The summed E-state index contributed by atoms with van der Waals surface area (Å²) in [5, 5.41) is 23.5. The van der Waals surface area contributed by atoms with Crippen molar-refractivity contribution in [2.24, 2.45) is 0 Å². The van der Waals surface area contributed by atoms with Crippen LogP contribution in [0.15, 0.2) is 35.2 Å². The molecule has 0 aliphatic carbocycles. The Bertz CT molecular complexity index is 763. The molecule has 0 radical (unpaired) electrons. The van der Waals surface area contributed by atoms with Crippen LogP contribution in [0.2, 0.25) is 0 Å². The van der Waals surface area contributed by atoms with Crippen LogP contribution in [0.1, 0.15) is 18.7 Å². The zero-order chi connectivity index (χ0) is 17.4. The Balaban J connectivity index is 2.78. The monoisotopic (exact) mass is 338 g/mol. The molecule has 2 N–H and O–H groups in total. The summed E-state index contributed by atoms with van der Waals surface area (Å²) >= 11 is 0.716. The van der Waals surface area contributed by atoms with Gasteiger partial charge in [-0.05, 0) is 26.0 Å². The second kappa shape index (κ2) is 5.84. The summed E-state index contributed by atoms with van der Waals surface area (Å²) in [6, 6.07) is 2.57. The van der Waals surface area contributed by atoms with Crippen molar-refractivity contribution in [3.05, 3.63) is 50.2 Å². The number of esters is 1. The highest BCUT2D eigenvalue weighted by molar-refractivity contribution is 7.15. The van der Waals surface area contributed by atoms with Crippen LogP contribution in [0.4, 0.5) is 5.00 Å². The lowest BCUT2D eigenvalue weighted by Gasteiger charge is -2.32. The van der Waals surface area contributed by atoms with Crippen molar-refractivity contribution in [3.8, 4) is 0 Å². The van der Waals surface area contributed by atoms with Crippen LogP contribution < -0.4 is 5.32 Å². The number of carboxylic acids is 1. The predicted molar refractivity (Wildman–Crippen MR) is 81.9 cm³/mol. The highest BCUT2D eigenvalue weighted by atomic mass is 32.1. The number of hydrogen-bond acceptors (Lipinski definition) is 7. The van der Waals surface area contributed by atoms with E-state index in [9.17, 15) is 24.8 Å². The molecule has 8 nitrogen and oxygen atoms in total. The number of allylic oxidation sites excluding steroid dienone is 2. The molecule has 0 spiro atoms. The average molecular weight is 338 g/mol. The summed E-state index contributed by atoms with van der Waals surface area (Å²) in [7, 11) is 1.15. The number of carbonyl (C=O) groups is 2. The van der Waals surface area contributed by atoms with Crippen molar-refractivity contribution < 1.29 is 24.4 Å². The van der Waals surface area contributed by atoms with Gasteiger partial charge in [0.25, 0.3) is 0 Å². The molecule has 1 aliphatic rings. The van der Waals surface area contributed by atoms with Crippen LogP contribution in [-0.4, -0.2) is 29.1 Å². The van der Waals surface area contributed by atoms with Gasteiger partial charge in [0.15, 0.2) is 5.41 Å². The molecule has 1 atom stereocenters. The Labute approximate surface area is 135 Å². The van der Waals surface area contributed by atoms with Crippen molar-refractivity contribution >= 4 is 28.3 Å². The normalized spacial score (nSPS) is 20.6. The van der Waals surface area contributed by atoms with Gasteiger partial charge in [0, 0.05) is 22.3 Å². The highest BCUT2D eigenvalue weighted by Gasteiger charge is 2.50. The minimum atomic E-state index is -1.83. The molecule has 0 amide bonds. The number of nitrogens with zero attached hydrogens (tertiary/aromatic N) is 1. The fourth-order valence-corrected chi connectivity index (χ4v) is 3.59. The number of carboxylic acid groups (broad SMARTS) is 1. The number of ether oxygens (including phenoxy) is 1. The van der Waals surface area contributed by atoms with Gasteiger partial charge in [0.1, 0.15) is 0 Å². The molecule has 1 unspecified atom stereocenters. The van der Waals surface area contributed by atoms with Crippen LogP contribution in [-0.2, 0) is 19.7 Å². The third-order valence-corrected chi connectivity index (χ3v) is 4.65. The van der Waals surface area contributed by atoms with Gasteiger partial charge >= 0.3 is 16.9 Å². The molecule has 2 rings (SSSR count). The quantitative estimate of drug-likeness (QED) is 0.489. The Kier molecular flexibility index (Phi) is 4.24. The summed E-state index contributed by atoms with van der Waals surface area (Å²) in [6.07, 6.45) is 1.37. The first-order chi connectivity index (χ1) is 10.7. The predicted octanol–water partition coefficient (Wildman–Crippen LogP) is 1.93. The lowest BCUT2D eigenvalue weighted by Crippen LogP contribution is -2.44. The van der Waals surface area contributed by atoms with Crippen molar-refractivity contribution in [1.29, 1.82) is 0 Å². The maximum atomic E-state index is 12.2. The van der Waals surface area contributed by atoms with E-state index < -0.39 is 22.3 Å². The van der Waals surface area contributed by atoms with Crippen LogP contribution in [0.5, 0.6) is 0 Å². The molecule has 1 aromatic rings. The number of nitrogens with one attached hydrogen (secondary N) is 1. The van der Waals surface area contributed by atoms with Gasteiger partial charge in [-0.2, -0.15) is 0 Å². The average Bonchev–Trinajstić information content (AvgIpc) is 2.95. The van der Waals surface area contributed by atoms with Gasteiger partial charge in [-0.1, -0.05) is 11.3 Å². The lowest BCUT2D eigenvalue weighted by molar-refractivity contribution is -0.380. The first kappa shape index (κ1) is 16.7. The summed E-state index contributed by atoms with van der Waals surface area (Å²) in [5.41, 5.74) is -1.08. The minimum Gasteiger partial charge on any atom is -0.480 e. The van der Waals surface area contributed by atoms with Gasteiger partial charge in [-0.3, -0.25) is 14.9 Å². The van der Waals surface area contributed by atoms with E-state index in [1.165, 1.54) is 18.2 Å². The second-order valence-corrected chi connectivity index (χ2v) is 6.01. The van der Waals surface area contributed by atoms with Crippen LogP contribution >= 0.6 is 11.3 Å². The van der Waals surface area contributed by atoms with Crippen molar-refractivity contribution in [1.82, 2.24) is 5.32 Å². The van der Waals surface area contributed by atoms with Gasteiger partial charge in [-0.15, -0.1) is 0 Å². The van der Waals surface area contributed by atoms with E-state index >= 15 is 0 Å². The molecule has 0 saturated carbocycles. The fraction of sp³-hybridized carbons (Fsp3) is 0.286. The fourth-order valence-electron chi connectivity index (χ4n) is 2.61. The number of carbonyl (C=O) groups excluding carboxylic acids is 1. The Morgan fingerprint density at radius 1 is 1.39 bits per heavy atom. The first-order valence-corrected chi connectivity index (χ1v) is 7.30. The molecule has 122 valence electrons. The minimum absolute atomic E-state index is 0.102. The van der Waals surface area contributed by atoms with Crippen LogP contribution in [0.3, 0.4) is 0 Å². The highest BCUT2D eigenvalue weighted by Crippen LogP contribution is 2.44. The number of methoxy groups -OCH3 is 1. The molecule has 23 heavy (non-hydrogen) atoms. The van der Waals surface area contributed by atoms with Crippen LogP contribution in [0, 0.1) is 10.1 Å². The Hall–Kier alpha value is -2.68. The number of rotatable bonds is 4. The maximum Gasteiger partial charge on any atom is 0.337 e. The standard InChI is InChI=1S/C14H14N2O6S/c1-7-6-14(13(18)19,9-4-5-10(23-9)16(20)21)11(8(2)15-7)12(17)22-3/h4-6,15H,1-3H3,(H,18,19). The number of thiophene rings is 1. The van der Waals surface area contributed by atoms with E-state index in [1.807, 2.05) is 0 Å². The second-order valence-electron chi connectivity index (χ2n) is 4.95. The number of aliphatic carboxylic acids is 1. The third-order valence-electron chi connectivity index (χ3n) is 3.47. The summed E-state index contributed by atoms with van der Waals surface area (Å²) in [6.45, 7) is 3.21. The van der Waals surface area contributed by atoms with Gasteiger partial charge < -0.3 is 15.2 Å². The molecule has 1 aromatic heterocycles. The van der Waals surface area contributed by atoms with Crippen molar-refractivity contribution in [3.63, 3.8) is 0 Å². The summed E-state index contributed by atoms with van der Waals surface area (Å²) in [5.74, 6) is -2.12. The number of dihydropyridines is 1. The zero-order valence-electron chi connectivity index (χ0n) is 12.6. The van der Waals surface area contributed by atoms with Gasteiger partial charge in [0.2, 0.25) is 0 Å².